The highest BCUT2D eigenvalue weighted by atomic mass is 19.1. The zero-order valence-electron chi connectivity index (χ0n) is 17.9. The van der Waals surface area contributed by atoms with Gasteiger partial charge < -0.3 is 19.5 Å². The molecule has 2 aliphatic rings. The third-order valence-corrected chi connectivity index (χ3v) is 5.73. The number of carbonyl (C=O) groups excluding carboxylic acids is 1. The molecule has 2 aliphatic heterocycles. The van der Waals surface area contributed by atoms with Gasteiger partial charge in [-0.15, -0.1) is 0 Å². The molecule has 1 N–H and O–H groups in total. The van der Waals surface area contributed by atoms with Crippen molar-refractivity contribution in [3.63, 3.8) is 0 Å². The lowest BCUT2D eigenvalue weighted by molar-refractivity contribution is -0.128. The number of carboxylic acid groups (broad SMARTS) is 1. The van der Waals surface area contributed by atoms with Crippen molar-refractivity contribution in [3.8, 4) is 5.75 Å². The SMILES string of the molecule is COc1cccc(F)c1C(=O)N1CCOC2(CCN(Cc3cncnc3)CC2)C1.O=CO. The van der Waals surface area contributed by atoms with Crippen LogP contribution < -0.4 is 4.74 Å². The number of halogens is 1. The van der Waals surface area contributed by atoms with Gasteiger partial charge in [-0.3, -0.25) is 14.5 Å². The standard InChI is InChI=1S/C21H25FN4O3.CH2O2/c1-28-18-4-2-3-17(22)19(18)20(27)26-9-10-29-21(14-26)5-7-25(8-6-21)13-16-11-23-15-24-12-16;2-1-3/h2-4,11-12,15H,5-10,13-14H2,1H3;1H,(H,2,3). The van der Waals surface area contributed by atoms with Crippen LogP contribution in [0.5, 0.6) is 5.75 Å². The molecule has 1 spiro atoms. The van der Waals surface area contributed by atoms with Gasteiger partial charge in [0.1, 0.15) is 23.5 Å². The van der Waals surface area contributed by atoms with Crippen LogP contribution in [-0.2, 0) is 16.1 Å². The molecule has 2 aromatic rings. The Labute approximate surface area is 185 Å². The number of carbonyl (C=O) groups is 2. The van der Waals surface area contributed by atoms with E-state index in [0.717, 1.165) is 38.0 Å². The molecule has 1 aromatic heterocycles. The van der Waals surface area contributed by atoms with E-state index in [1.54, 1.807) is 17.0 Å². The molecule has 0 unspecified atom stereocenters. The second-order valence-corrected chi connectivity index (χ2v) is 7.70. The van der Waals surface area contributed by atoms with Gasteiger partial charge in [-0.2, -0.15) is 0 Å². The van der Waals surface area contributed by atoms with Crippen molar-refractivity contribution < 1.29 is 28.6 Å². The van der Waals surface area contributed by atoms with E-state index in [0.29, 0.717) is 19.7 Å². The summed E-state index contributed by atoms with van der Waals surface area (Å²) in [6, 6.07) is 4.44. The molecule has 3 heterocycles. The highest BCUT2D eigenvalue weighted by Crippen LogP contribution is 2.32. The van der Waals surface area contributed by atoms with Gasteiger partial charge in [-0.1, -0.05) is 6.07 Å². The number of hydrogen-bond acceptors (Lipinski definition) is 7. The third-order valence-electron chi connectivity index (χ3n) is 5.73. The molecule has 32 heavy (non-hydrogen) atoms. The molecular weight excluding hydrogens is 419 g/mol. The molecule has 0 aliphatic carbocycles. The number of methoxy groups -OCH3 is 1. The van der Waals surface area contributed by atoms with Crippen LogP contribution in [0.2, 0.25) is 0 Å². The van der Waals surface area contributed by atoms with Crippen molar-refractivity contribution in [2.24, 2.45) is 0 Å². The summed E-state index contributed by atoms with van der Waals surface area (Å²) < 4.78 is 25.7. The molecule has 1 aromatic carbocycles. The van der Waals surface area contributed by atoms with Crippen molar-refractivity contribution in [2.45, 2.75) is 25.0 Å². The maximum absolute atomic E-state index is 14.4. The van der Waals surface area contributed by atoms with Crippen LogP contribution in [0.15, 0.2) is 36.9 Å². The average Bonchev–Trinajstić information content (AvgIpc) is 2.81. The topological polar surface area (TPSA) is 105 Å². The molecule has 172 valence electrons. The summed E-state index contributed by atoms with van der Waals surface area (Å²) >= 11 is 0. The van der Waals surface area contributed by atoms with Gasteiger partial charge in [-0.05, 0) is 25.0 Å². The number of nitrogens with zero attached hydrogens (tertiary/aromatic N) is 4. The van der Waals surface area contributed by atoms with Gasteiger partial charge in [0.25, 0.3) is 12.4 Å². The van der Waals surface area contributed by atoms with Crippen LogP contribution in [0.25, 0.3) is 0 Å². The van der Waals surface area contributed by atoms with E-state index in [-0.39, 0.29) is 29.3 Å². The van der Waals surface area contributed by atoms with Gasteiger partial charge >= 0.3 is 0 Å². The second kappa shape index (κ2) is 11.0. The fraction of sp³-hybridized carbons (Fsp3) is 0.455. The molecule has 4 rings (SSSR count). The maximum Gasteiger partial charge on any atom is 0.290 e. The largest absolute Gasteiger partial charge is 0.496 e. The fourth-order valence-electron chi connectivity index (χ4n) is 4.15. The minimum Gasteiger partial charge on any atom is -0.496 e. The Morgan fingerprint density at radius 1 is 1.28 bits per heavy atom. The molecule has 0 radical (unpaired) electrons. The summed E-state index contributed by atoms with van der Waals surface area (Å²) in [4.78, 5) is 33.6. The van der Waals surface area contributed by atoms with Crippen LogP contribution in [0.4, 0.5) is 4.39 Å². The Balaban J connectivity index is 0.000000913. The van der Waals surface area contributed by atoms with Gasteiger partial charge in [0.2, 0.25) is 0 Å². The summed E-state index contributed by atoms with van der Waals surface area (Å²) in [5.74, 6) is -0.642. The van der Waals surface area contributed by atoms with Crippen molar-refractivity contribution >= 4 is 12.4 Å². The van der Waals surface area contributed by atoms with E-state index in [4.69, 9.17) is 19.4 Å². The Bertz CT molecular complexity index is 906. The van der Waals surface area contributed by atoms with Gasteiger partial charge in [-0.25, -0.2) is 14.4 Å². The monoisotopic (exact) mass is 446 g/mol. The molecular formula is C22H27FN4O5. The lowest BCUT2D eigenvalue weighted by atomic mass is 9.89. The van der Waals surface area contributed by atoms with E-state index in [2.05, 4.69) is 14.9 Å². The first-order valence-electron chi connectivity index (χ1n) is 10.3. The molecule has 2 fully saturated rings. The van der Waals surface area contributed by atoms with E-state index in [1.807, 2.05) is 12.4 Å². The predicted octanol–water partition coefficient (Wildman–Crippen LogP) is 1.83. The van der Waals surface area contributed by atoms with Crippen molar-refractivity contribution in [2.75, 3.05) is 39.9 Å². The molecule has 1 amide bonds. The summed E-state index contributed by atoms with van der Waals surface area (Å²) in [7, 11) is 1.44. The Kier molecular flexibility index (Phi) is 8.07. The number of aromatic nitrogens is 2. The Hall–Kier alpha value is -3.11. The number of amides is 1. The molecule has 0 bridgehead atoms. The highest BCUT2D eigenvalue weighted by molar-refractivity contribution is 5.97. The first-order chi connectivity index (χ1) is 15.5. The molecule has 2 saturated heterocycles. The van der Waals surface area contributed by atoms with Crippen LogP contribution in [0, 0.1) is 5.82 Å². The van der Waals surface area contributed by atoms with E-state index >= 15 is 0 Å². The average molecular weight is 446 g/mol. The minimum absolute atomic E-state index is 0.00596. The minimum atomic E-state index is -0.560. The normalized spacial score (nSPS) is 17.9. The molecule has 0 saturated carbocycles. The summed E-state index contributed by atoms with van der Waals surface area (Å²) in [5, 5.41) is 6.89. The first kappa shape index (κ1) is 23.6. The maximum atomic E-state index is 14.4. The lowest BCUT2D eigenvalue weighted by Crippen LogP contribution is -2.58. The summed E-state index contributed by atoms with van der Waals surface area (Å²) in [5.41, 5.74) is 0.695. The quantitative estimate of drug-likeness (QED) is 0.710. The smallest absolute Gasteiger partial charge is 0.290 e. The number of likely N-dealkylation sites (tertiary alicyclic amines) is 1. The van der Waals surface area contributed by atoms with E-state index in [1.165, 1.54) is 19.5 Å². The third kappa shape index (κ3) is 5.57. The molecule has 10 heteroatoms. The molecule has 9 nitrogen and oxygen atoms in total. The number of benzene rings is 1. The van der Waals surface area contributed by atoms with Gasteiger partial charge in [0.05, 0.1) is 25.9 Å². The number of morpholine rings is 1. The highest BCUT2D eigenvalue weighted by Gasteiger charge is 2.41. The predicted molar refractivity (Wildman–Crippen MR) is 113 cm³/mol. The van der Waals surface area contributed by atoms with Crippen LogP contribution >= 0.6 is 0 Å². The van der Waals surface area contributed by atoms with Crippen LogP contribution in [-0.4, -0.2) is 82.8 Å². The Morgan fingerprint density at radius 2 is 1.97 bits per heavy atom. The van der Waals surface area contributed by atoms with Gasteiger partial charge in [0.15, 0.2) is 0 Å². The van der Waals surface area contributed by atoms with Crippen molar-refractivity contribution in [3.05, 3.63) is 53.9 Å². The van der Waals surface area contributed by atoms with E-state index < -0.39 is 5.82 Å². The second-order valence-electron chi connectivity index (χ2n) is 7.70. The molecule has 0 atom stereocenters. The number of hydrogen-bond donors (Lipinski definition) is 1. The van der Waals surface area contributed by atoms with Crippen LogP contribution in [0.3, 0.4) is 0 Å². The number of rotatable bonds is 4. The number of ether oxygens (including phenoxy) is 2. The van der Waals surface area contributed by atoms with E-state index in [9.17, 15) is 9.18 Å². The fourth-order valence-corrected chi connectivity index (χ4v) is 4.15. The van der Waals surface area contributed by atoms with Gasteiger partial charge in [0, 0.05) is 44.1 Å². The van der Waals surface area contributed by atoms with Crippen molar-refractivity contribution in [1.29, 1.82) is 0 Å². The summed E-state index contributed by atoms with van der Waals surface area (Å²) in [6.07, 6.45) is 6.83. The van der Waals surface area contributed by atoms with Crippen LogP contribution in [0.1, 0.15) is 28.8 Å². The van der Waals surface area contributed by atoms with Crippen molar-refractivity contribution in [1.82, 2.24) is 19.8 Å². The Morgan fingerprint density at radius 3 is 2.62 bits per heavy atom. The summed E-state index contributed by atoms with van der Waals surface area (Å²) in [6.45, 7) is 3.63. The zero-order chi connectivity index (χ0) is 23.0. The first-order valence-corrected chi connectivity index (χ1v) is 10.3. The lowest BCUT2D eigenvalue weighted by Gasteiger charge is -2.47. The zero-order valence-corrected chi connectivity index (χ0v) is 17.9. The number of piperidine rings is 1.